The summed E-state index contributed by atoms with van der Waals surface area (Å²) in [6, 6.07) is 15.1. The molecule has 0 aliphatic heterocycles. The van der Waals surface area contributed by atoms with Crippen molar-refractivity contribution in [1.29, 1.82) is 0 Å². The number of carbonyl (C=O) groups is 1. The lowest BCUT2D eigenvalue weighted by Gasteiger charge is -2.21. The third-order valence-electron chi connectivity index (χ3n) is 4.34. The van der Waals surface area contributed by atoms with Gasteiger partial charge in [-0.25, -0.2) is 8.42 Å². The van der Waals surface area contributed by atoms with E-state index in [0.717, 1.165) is 24.0 Å². The van der Waals surface area contributed by atoms with Gasteiger partial charge in [-0.15, -0.1) is 0 Å². The van der Waals surface area contributed by atoms with E-state index in [9.17, 15) is 13.2 Å². The molecule has 27 heavy (non-hydrogen) atoms. The average Bonchev–Trinajstić information content (AvgIpc) is 2.62. The molecule has 5 nitrogen and oxygen atoms in total. The Morgan fingerprint density at radius 2 is 1.67 bits per heavy atom. The van der Waals surface area contributed by atoms with Gasteiger partial charge >= 0.3 is 0 Å². The predicted molar refractivity (Wildman–Crippen MR) is 108 cm³/mol. The predicted octanol–water partition coefficient (Wildman–Crippen LogP) is 3.19. The maximum atomic E-state index is 12.8. The van der Waals surface area contributed by atoms with Gasteiger partial charge in [0.25, 0.3) is 0 Å². The summed E-state index contributed by atoms with van der Waals surface area (Å²) < 4.78 is 28.1. The lowest BCUT2D eigenvalue weighted by molar-refractivity contribution is -0.123. The number of carbonyl (C=O) groups excluding carboxylic acids is 1. The molecule has 0 spiro atoms. The molecule has 2 atom stereocenters. The Bertz CT molecular complexity index is 833. The second-order valence-corrected chi connectivity index (χ2v) is 8.59. The molecule has 2 rings (SSSR count). The fourth-order valence-electron chi connectivity index (χ4n) is 2.86. The summed E-state index contributed by atoms with van der Waals surface area (Å²) in [5.41, 5.74) is 1.87. The fraction of sp³-hybridized carbons (Fsp3) is 0.381. The highest BCUT2D eigenvalue weighted by Gasteiger charge is 2.26. The van der Waals surface area contributed by atoms with Gasteiger partial charge < -0.3 is 5.32 Å². The van der Waals surface area contributed by atoms with Crippen molar-refractivity contribution < 1.29 is 13.2 Å². The second-order valence-electron chi connectivity index (χ2n) is 6.87. The number of amides is 1. The van der Waals surface area contributed by atoms with Crippen molar-refractivity contribution in [3.63, 3.8) is 0 Å². The van der Waals surface area contributed by atoms with E-state index in [1.807, 2.05) is 51.1 Å². The van der Waals surface area contributed by atoms with Crippen molar-refractivity contribution in [2.75, 3.05) is 0 Å². The van der Waals surface area contributed by atoms with E-state index in [1.54, 1.807) is 24.3 Å². The summed E-state index contributed by atoms with van der Waals surface area (Å²) >= 11 is 0. The zero-order valence-corrected chi connectivity index (χ0v) is 16.9. The van der Waals surface area contributed by atoms with Crippen molar-refractivity contribution >= 4 is 15.9 Å². The van der Waals surface area contributed by atoms with Crippen LogP contribution in [0.4, 0.5) is 0 Å². The van der Waals surface area contributed by atoms with Crippen LogP contribution in [0.25, 0.3) is 0 Å². The SMILES string of the molecule is CCC[C@H](C)NC(=O)[C@H](Cc1ccccc1)NS(=O)(=O)c1ccc(C)cc1. The van der Waals surface area contributed by atoms with Gasteiger partial charge in [-0.05, 0) is 44.4 Å². The molecule has 146 valence electrons. The minimum atomic E-state index is -3.80. The minimum absolute atomic E-state index is 0.00958. The lowest BCUT2D eigenvalue weighted by atomic mass is 10.1. The van der Waals surface area contributed by atoms with Crippen LogP contribution in [0.3, 0.4) is 0 Å². The van der Waals surface area contributed by atoms with Gasteiger partial charge in [0.15, 0.2) is 0 Å². The molecular formula is C21H28N2O3S. The summed E-state index contributed by atoms with van der Waals surface area (Å²) in [5, 5.41) is 2.92. The normalized spacial score (nSPS) is 13.7. The summed E-state index contributed by atoms with van der Waals surface area (Å²) in [6.45, 7) is 5.87. The summed E-state index contributed by atoms with van der Waals surface area (Å²) in [6.07, 6.45) is 2.07. The first-order valence-electron chi connectivity index (χ1n) is 9.25. The van der Waals surface area contributed by atoms with E-state index in [2.05, 4.69) is 10.0 Å². The third kappa shape index (κ3) is 6.48. The van der Waals surface area contributed by atoms with Gasteiger partial charge in [0, 0.05) is 6.04 Å². The van der Waals surface area contributed by atoms with Crippen LogP contribution in [0.2, 0.25) is 0 Å². The second kappa shape index (κ2) is 9.67. The smallest absolute Gasteiger partial charge is 0.241 e. The fourth-order valence-corrected chi connectivity index (χ4v) is 4.05. The van der Waals surface area contributed by atoms with Crippen LogP contribution in [0.15, 0.2) is 59.5 Å². The molecule has 0 bridgehead atoms. The van der Waals surface area contributed by atoms with E-state index in [1.165, 1.54) is 0 Å². The Labute approximate surface area is 162 Å². The third-order valence-corrected chi connectivity index (χ3v) is 5.83. The molecule has 6 heteroatoms. The van der Waals surface area contributed by atoms with Crippen LogP contribution in [-0.4, -0.2) is 26.4 Å². The van der Waals surface area contributed by atoms with Crippen molar-refractivity contribution in [1.82, 2.24) is 10.0 Å². The summed E-state index contributed by atoms with van der Waals surface area (Å²) in [4.78, 5) is 12.9. The minimum Gasteiger partial charge on any atom is -0.352 e. The van der Waals surface area contributed by atoms with Gasteiger partial charge in [0.05, 0.1) is 4.90 Å². The molecule has 0 unspecified atom stereocenters. The first-order valence-corrected chi connectivity index (χ1v) is 10.7. The molecule has 2 aromatic carbocycles. The molecule has 0 saturated heterocycles. The standard InChI is InChI=1S/C21H28N2O3S/c1-4-8-17(3)22-21(24)20(15-18-9-6-5-7-10-18)23-27(25,26)19-13-11-16(2)12-14-19/h5-7,9-14,17,20,23H,4,8,15H2,1-3H3,(H,22,24)/t17-,20-/m0/s1. The Morgan fingerprint density at radius 3 is 2.26 bits per heavy atom. The van der Waals surface area contributed by atoms with Crippen molar-refractivity contribution in [3.8, 4) is 0 Å². The summed E-state index contributed by atoms with van der Waals surface area (Å²) in [5.74, 6) is -0.310. The Kier molecular flexibility index (Phi) is 7.56. The number of sulfonamides is 1. The molecule has 0 radical (unpaired) electrons. The molecule has 0 saturated carbocycles. The van der Waals surface area contributed by atoms with Gasteiger partial charge in [-0.2, -0.15) is 4.72 Å². The number of rotatable bonds is 9. The highest BCUT2D eigenvalue weighted by molar-refractivity contribution is 7.89. The topological polar surface area (TPSA) is 75.3 Å². The molecule has 1 amide bonds. The van der Waals surface area contributed by atoms with Gasteiger partial charge in [-0.1, -0.05) is 61.4 Å². The van der Waals surface area contributed by atoms with E-state index < -0.39 is 16.1 Å². The zero-order chi connectivity index (χ0) is 19.9. The van der Waals surface area contributed by atoms with Crippen molar-refractivity contribution in [2.45, 2.75) is 57.0 Å². The largest absolute Gasteiger partial charge is 0.352 e. The number of nitrogens with one attached hydrogen (secondary N) is 2. The van der Waals surface area contributed by atoms with Crippen LogP contribution >= 0.6 is 0 Å². The lowest BCUT2D eigenvalue weighted by Crippen LogP contribution is -2.50. The van der Waals surface area contributed by atoms with Crippen LogP contribution in [0, 0.1) is 6.92 Å². The van der Waals surface area contributed by atoms with E-state index in [-0.39, 0.29) is 23.3 Å². The molecule has 0 fully saturated rings. The molecular weight excluding hydrogens is 360 g/mol. The maximum Gasteiger partial charge on any atom is 0.241 e. The average molecular weight is 389 g/mol. The molecule has 0 aromatic heterocycles. The number of aryl methyl sites for hydroxylation is 1. The van der Waals surface area contributed by atoms with Crippen LogP contribution in [0.5, 0.6) is 0 Å². The quantitative estimate of drug-likeness (QED) is 0.693. The molecule has 2 aromatic rings. The van der Waals surface area contributed by atoms with Crippen molar-refractivity contribution in [2.24, 2.45) is 0 Å². The maximum absolute atomic E-state index is 12.8. The van der Waals surface area contributed by atoms with Crippen LogP contribution in [0.1, 0.15) is 37.8 Å². The number of benzene rings is 2. The molecule has 0 heterocycles. The molecule has 0 aliphatic rings. The first-order chi connectivity index (χ1) is 12.8. The van der Waals surface area contributed by atoms with E-state index in [0.29, 0.717) is 0 Å². The van der Waals surface area contributed by atoms with Gasteiger partial charge in [0.1, 0.15) is 6.04 Å². The first kappa shape index (κ1) is 21.1. The number of hydrogen-bond acceptors (Lipinski definition) is 3. The monoisotopic (exact) mass is 388 g/mol. The number of hydrogen-bond donors (Lipinski definition) is 2. The summed E-state index contributed by atoms with van der Waals surface area (Å²) in [7, 11) is -3.80. The van der Waals surface area contributed by atoms with Crippen LogP contribution in [-0.2, 0) is 21.2 Å². The van der Waals surface area contributed by atoms with Crippen LogP contribution < -0.4 is 10.0 Å². The Hall–Kier alpha value is -2.18. The molecule has 2 N–H and O–H groups in total. The highest BCUT2D eigenvalue weighted by atomic mass is 32.2. The van der Waals surface area contributed by atoms with Gasteiger partial charge in [0.2, 0.25) is 15.9 Å². The van der Waals surface area contributed by atoms with Gasteiger partial charge in [-0.3, -0.25) is 4.79 Å². The Morgan fingerprint density at radius 1 is 1.04 bits per heavy atom. The van der Waals surface area contributed by atoms with E-state index in [4.69, 9.17) is 0 Å². The zero-order valence-electron chi connectivity index (χ0n) is 16.1. The van der Waals surface area contributed by atoms with E-state index >= 15 is 0 Å². The highest BCUT2D eigenvalue weighted by Crippen LogP contribution is 2.13. The van der Waals surface area contributed by atoms with Crippen molar-refractivity contribution in [3.05, 3.63) is 65.7 Å². The molecule has 0 aliphatic carbocycles. The Balaban J connectivity index is 2.22.